The van der Waals surface area contributed by atoms with Crippen LogP contribution in [0.25, 0.3) is 0 Å². The maximum absolute atomic E-state index is 11.5. The Bertz CT molecular complexity index is 271. The van der Waals surface area contributed by atoms with Crippen molar-refractivity contribution in [1.29, 1.82) is 0 Å². The van der Waals surface area contributed by atoms with Crippen molar-refractivity contribution in [2.24, 2.45) is 5.92 Å². The van der Waals surface area contributed by atoms with Gasteiger partial charge < -0.3 is 5.32 Å². The van der Waals surface area contributed by atoms with E-state index in [2.05, 4.69) is 17.0 Å². The van der Waals surface area contributed by atoms with Crippen LogP contribution < -0.4 is 10.0 Å². The molecule has 0 bridgehead atoms. The van der Waals surface area contributed by atoms with Crippen LogP contribution in [0.3, 0.4) is 0 Å². The highest BCUT2D eigenvalue weighted by molar-refractivity contribution is 7.87. The molecule has 15 heavy (non-hydrogen) atoms. The number of hydrogen-bond donors (Lipinski definition) is 2. The van der Waals surface area contributed by atoms with Crippen LogP contribution in [0.15, 0.2) is 0 Å². The average Bonchev–Trinajstić information content (AvgIpc) is 2.27. The molecule has 0 aromatic carbocycles. The van der Waals surface area contributed by atoms with E-state index in [1.54, 1.807) is 0 Å². The molecule has 0 unspecified atom stereocenters. The molecule has 5 nitrogen and oxygen atoms in total. The standard InChI is InChI=1S/C9H21N3O2S/c1-3-11-8-9-4-6-12(7-5-9)15(13,14)10-2/h9-11H,3-8H2,1-2H3. The Balaban J connectivity index is 2.36. The average molecular weight is 235 g/mol. The third-order valence-electron chi connectivity index (χ3n) is 2.85. The van der Waals surface area contributed by atoms with Gasteiger partial charge in [0.2, 0.25) is 0 Å². The van der Waals surface area contributed by atoms with E-state index < -0.39 is 10.2 Å². The molecule has 0 aliphatic carbocycles. The van der Waals surface area contributed by atoms with E-state index >= 15 is 0 Å². The van der Waals surface area contributed by atoms with Crippen molar-refractivity contribution in [2.45, 2.75) is 19.8 Å². The zero-order valence-electron chi connectivity index (χ0n) is 9.49. The highest BCUT2D eigenvalue weighted by Gasteiger charge is 2.26. The summed E-state index contributed by atoms with van der Waals surface area (Å²) in [6.45, 7) is 5.35. The maximum Gasteiger partial charge on any atom is 0.279 e. The van der Waals surface area contributed by atoms with E-state index in [0.29, 0.717) is 19.0 Å². The first-order valence-corrected chi connectivity index (χ1v) is 6.93. The van der Waals surface area contributed by atoms with Gasteiger partial charge in [0.25, 0.3) is 10.2 Å². The van der Waals surface area contributed by atoms with Crippen molar-refractivity contribution in [3.63, 3.8) is 0 Å². The predicted octanol–water partition coefficient (Wildman–Crippen LogP) is -0.228. The Kier molecular flexibility index (Phi) is 4.98. The van der Waals surface area contributed by atoms with Gasteiger partial charge in [0.05, 0.1) is 0 Å². The number of piperidine rings is 1. The van der Waals surface area contributed by atoms with Crippen molar-refractivity contribution in [1.82, 2.24) is 14.3 Å². The molecule has 0 saturated carbocycles. The smallest absolute Gasteiger partial charge is 0.279 e. The lowest BCUT2D eigenvalue weighted by atomic mass is 9.98. The second-order valence-electron chi connectivity index (χ2n) is 3.86. The quantitative estimate of drug-likeness (QED) is 0.692. The fourth-order valence-electron chi connectivity index (χ4n) is 1.83. The van der Waals surface area contributed by atoms with Crippen molar-refractivity contribution < 1.29 is 8.42 Å². The maximum atomic E-state index is 11.5. The van der Waals surface area contributed by atoms with Gasteiger partial charge in [0, 0.05) is 20.1 Å². The Hall–Kier alpha value is -0.170. The van der Waals surface area contributed by atoms with Crippen LogP contribution in [-0.4, -0.2) is 45.9 Å². The van der Waals surface area contributed by atoms with E-state index in [1.807, 2.05) is 0 Å². The fourth-order valence-corrected chi connectivity index (χ4v) is 2.78. The number of nitrogens with zero attached hydrogens (tertiary/aromatic N) is 1. The molecular weight excluding hydrogens is 214 g/mol. The molecule has 0 atom stereocenters. The summed E-state index contributed by atoms with van der Waals surface area (Å²) in [6.07, 6.45) is 1.90. The molecule has 1 heterocycles. The Morgan fingerprint density at radius 3 is 2.40 bits per heavy atom. The molecule has 6 heteroatoms. The monoisotopic (exact) mass is 235 g/mol. The van der Waals surface area contributed by atoms with Gasteiger partial charge in [-0.1, -0.05) is 6.92 Å². The van der Waals surface area contributed by atoms with Gasteiger partial charge in [0.15, 0.2) is 0 Å². The van der Waals surface area contributed by atoms with Crippen LogP contribution in [0.1, 0.15) is 19.8 Å². The van der Waals surface area contributed by atoms with Gasteiger partial charge >= 0.3 is 0 Å². The van der Waals surface area contributed by atoms with Gasteiger partial charge in [-0.15, -0.1) is 0 Å². The van der Waals surface area contributed by atoms with Crippen molar-refractivity contribution in [3.05, 3.63) is 0 Å². The Morgan fingerprint density at radius 1 is 1.33 bits per heavy atom. The zero-order chi connectivity index (χ0) is 11.3. The third kappa shape index (κ3) is 3.71. The lowest BCUT2D eigenvalue weighted by Gasteiger charge is -2.30. The molecule has 90 valence electrons. The van der Waals surface area contributed by atoms with E-state index in [9.17, 15) is 8.42 Å². The van der Waals surface area contributed by atoms with Crippen molar-refractivity contribution in [3.8, 4) is 0 Å². The van der Waals surface area contributed by atoms with E-state index in [1.165, 1.54) is 11.4 Å². The lowest BCUT2D eigenvalue weighted by Crippen LogP contribution is -2.45. The number of nitrogens with one attached hydrogen (secondary N) is 2. The Labute approximate surface area is 92.4 Å². The fraction of sp³-hybridized carbons (Fsp3) is 1.00. The van der Waals surface area contributed by atoms with Crippen LogP contribution in [0.4, 0.5) is 0 Å². The summed E-state index contributed by atoms with van der Waals surface area (Å²) in [7, 11) is -1.74. The normalized spacial score (nSPS) is 20.7. The zero-order valence-corrected chi connectivity index (χ0v) is 10.3. The van der Waals surface area contributed by atoms with Gasteiger partial charge in [0.1, 0.15) is 0 Å². The molecule has 0 amide bonds. The topological polar surface area (TPSA) is 61.4 Å². The molecule has 1 fully saturated rings. The SMILES string of the molecule is CCNCC1CCN(S(=O)(=O)NC)CC1. The molecule has 0 aromatic rings. The largest absolute Gasteiger partial charge is 0.317 e. The van der Waals surface area contributed by atoms with Gasteiger partial charge in [-0.25, -0.2) is 4.72 Å². The molecule has 1 aliphatic rings. The highest BCUT2D eigenvalue weighted by atomic mass is 32.2. The van der Waals surface area contributed by atoms with Crippen LogP contribution >= 0.6 is 0 Å². The molecule has 2 N–H and O–H groups in total. The predicted molar refractivity (Wildman–Crippen MR) is 60.8 cm³/mol. The molecule has 0 spiro atoms. The second kappa shape index (κ2) is 5.79. The molecule has 1 aliphatic heterocycles. The van der Waals surface area contributed by atoms with Crippen LogP contribution in [0, 0.1) is 5.92 Å². The third-order valence-corrected chi connectivity index (χ3v) is 4.42. The number of rotatable bonds is 5. The molecule has 0 radical (unpaired) electrons. The van der Waals surface area contributed by atoms with Crippen LogP contribution in [0.5, 0.6) is 0 Å². The summed E-state index contributed by atoms with van der Waals surface area (Å²) >= 11 is 0. The van der Waals surface area contributed by atoms with Crippen LogP contribution in [-0.2, 0) is 10.2 Å². The minimum Gasteiger partial charge on any atom is -0.317 e. The first-order valence-electron chi connectivity index (χ1n) is 5.49. The van der Waals surface area contributed by atoms with Crippen LogP contribution in [0.2, 0.25) is 0 Å². The summed E-state index contributed by atoms with van der Waals surface area (Å²) < 4.78 is 26.8. The number of hydrogen-bond acceptors (Lipinski definition) is 3. The summed E-state index contributed by atoms with van der Waals surface area (Å²) in [6, 6.07) is 0. The minimum atomic E-state index is -3.20. The highest BCUT2D eigenvalue weighted by Crippen LogP contribution is 2.17. The van der Waals surface area contributed by atoms with Gasteiger partial charge in [-0.05, 0) is 31.8 Å². The second-order valence-corrected chi connectivity index (χ2v) is 5.73. The summed E-state index contributed by atoms with van der Waals surface area (Å²) in [5, 5.41) is 3.30. The van der Waals surface area contributed by atoms with Gasteiger partial charge in [-0.3, -0.25) is 0 Å². The van der Waals surface area contributed by atoms with E-state index in [-0.39, 0.29) is 0 Å². The molecular formula is C9H21N3O2S. The first-order chi connectivity index (χ1) is 7.10. The minimum absolute atomic E-state index is 0.619. The molecule has 1 saturated heterocycles. The molecule has 0 aromatic heterocycles. The summed E-state index contributed by atoms with van der Waals surface area (Å²) in [4.78, 5) is 0. The van der Waals surface area contributed by atoms with E-state index in [0.717, 1.165) is 25.9 Å². The summed E-state index contributed by atoms with van der Waals surface area (Å²) in [5.41, 5.74) is 0. The van der Waals surface area contributed by atoms with Gasteiger partial charge in [-0.2, -0.15) is 12.7 Å². The molecule has 1 rings (SSSR count). The summed E-state index contributed by atoms with van der Waals surface area (Å²) in [5.74, 6) is 0.619. The first kappa shape index (κ1) is 12.9. The van der Waals surface area contributed by atoms with E-state index in [4.69, 9.17) is 0 Å². The van der Waals surface area contributed by atoms with Crippen molar-refractivity contribution in [2.75, 3.05) is 33.2 Å². The lowest BCUT2D eigenvalue weighted by molar-refractivity contribution is 0.267. The Morgan fingerprint density at radius 2 is 1.93 bits per heavy atom. The van der Waals surface area contributed by atoms with Crippen molar-refractivity contribution >= 4 is 10.2 Å².